The van der Waals surface area contributed by atoms with Crippen LogP contribution in [0.2, 0.25) is 0 Å². The maximum absolute atomic E-state index is 14.2. The molecule has 1 fully saturated rings. The highest BCUT2D eigenvalue weighted by Gasteiger charge is 2.21. The average molecular weight is 425 g/mol. The van der Waals surface area contributed by atoms with E-state index in [2.05, 4.69) is 17.3 Å². The molecule has 1 saturated carbocycles. The lowest BCUT2D eigenvalue weighted by molar-refractivity contribution is -0.122. The van der Waals surface area contributed by atoms with Crippen LogP contribution in [0.4, 0.5) is 4.39 Å². The minimum absolute atomic E-state index is 0.0994. The van der Waals surface area contributed by atoms with Gasteiger partial charge in [-0.25, -0.2) is 9.07 Å². The van der Waals surface area contributed by atoms with E-state index in [-0.39, 0.29) is 29.9 Å². The second-order valence-electron chi connectivity index (χ2n) is 8.77. The molecular formula is C24H29FN4O2. The van der Waals surface area contributed by atoms with Crippen molar-refractivity contribution >= 4 is 16.7 Å². The number of nitrogens with one attached hydrogen (secondary N) is 1. The lowest BCUT2D eigenvalue weighted by Crippen LogP contribution is -2.41. The zero-order valence-electron chi connectivity index (χ0n) is 18.3. The van der Waals surface area contributed by atoms with Gasteiger partial charge in [0.25, 0.3) is 5.56 Å². The first-order valence-corrected chi connectivity index (χ1v) is 10.9. The Bertz CT molecular complexity index is 1170. The zero-order valence-corrected chi connectivity index (χ0v) is 18.3. The Morgan fingerprint density at radius 1 is 1.16 bits per heavy atom. The third-order valence-electron chi connectivity index (χ3n) is 6.57. The van der Waals surface area contributed by atoms with Crippen LogP contribution in [0.1, 0.15) is 49.6 Å². The number of carbonyl (C=O) groups excluding carboxylic acids is 1. The van der Waals surface area contributed by atoms with E-state index in [1.54, 1.807) is 24.4 Å². The van der Waals surface area contributed by atoms with Gasteiger partial charge in [-0.2, -0.15) is 5.10 Å². The van der Waals surface area contributed by atoms with Crippen molar-refractivity contribution < 1.29 is 9.18 Å². The second kappa shape index (κ2) is 8.65. The Balaban J connectivity index is 1.58. The number of aromatic nitrogens is 3. The van der Waals surface area contributed by atoms with Crippen molar-refractivity contribution in [2.75, 3.05) is 0 Å². The predicted molar refractivity (Wildman–Crippen MR) is 119 cm³/mol. The normalized spacial score (nSPS) is 19.0. The molecule has 3 aromatic rings. The summed E-state index contributed by atoms with van der Waals surface area (Å²) in [6.07, 6.45) is 5.82. The van der Waals surface area contributed by atoms with Crippen LogP contribution in [0, 0.1) is 25.6 Å². The smallest absolute Gasteiger partial charge is 0.276 e. The molecule has 0 aliphatic heterocycles. The zero-order chi connectivity index (χ0) is 22.1. The van der Waals surface area contributed by atoms with E-state index in [1.807, 2.05) is 18.4 Å². The van der Waals surface area contributed by atoms with Gasteiger partial charge in [0.15, 0.2) is 0 Å². The number of rotatable bonds is 5. The standard InChI is InChI=1S/C24H29FN4O2/c1-15-8-10-19(11-9-15)27-22(30)14-29-24(31)23-17(3)28(16(2)20(23)12-26-29)13-18-6-4-5-7-21(18)25/h4-7,12,15,19H,8-11,13-14H2,1-3H3,(H,27,30). The molecule has 4 rings (SSSR count). The van der Waals surface area contributed by atoms with Gasteiger partial charge in [0.05, 0.1) is 18.1 Å². The number of hydrogen-bond acceptors (Lipinski definition) is 3. The highest BCUT2D eigenvalue weighted by atomic mass is 19.1. The largest absolute Gasteiger partial charge is 0.352 e. The lowest BCUT2D eigenvalue weighted by atomic mass is 9.87. The number of fused-ring (bicyclic) bond motifs is 1. The van der Waals surface area contributed by atoms with Crippen molar-refractivity contribution in [1.29, 1.82) is 0 Å². The average Bonchev–Trinajstić information content (AvgIpc) is 2.98. The number of benzene rings is 1. The molecule has 2 aromatic heterocycles. The summed E-state index contributed by atoms with van der Waals surface area (Å²) in [7, 11) is 0. The van der Waals surface area contributed by atoms with Crippen LogP contribution in [0.5, 0.6) is 0 Å². The van der Waals surface area contributed by atoms with Gasteiger partial charge in [-0.15, -0.1) is 0 Å². The molecule has 0 spiro atoms. The third kappa shape index (κ3) is 4.27. The maximum atomic E-state index is 14.2. The molecule has 1 aliphatic rings. The molecule has 6 nitrogen and oxygen atoms in total. The van der Waals surface area contributed by atoms with Gasteiger partial charge in [-0.3, -0.25) is 9.59 Å². The summed E-state index contributed by atoms with van der Waals surface area (Å²) in [6, 6.07) is 6.81. The van der Waals surface area contributed by atoms with Gasteiger partial charge in [-0.05, 0) is 51.5 Å². The van der Waals surface area contributed by atoms with E-state index in [0.29, 0.717) is 23.4 Å². The molecule has 1 N–H and O–H groups in total. The minimum atomic E-state index is -0.294. The maximum Gasteiger partial charge on any atom is 0.276 e. The Labute approximate surface area is 181 Å². The summed E-state index contributed by atoms with van der Waals surface area (Å²) in [5.74, 6) is 0.247. The Hall–Kier alpha value is -2.96. The van der Waals surface area contributed by atoms with Crippen LogP contribution >= 0.6 is 0 Å². The summed E-state index contributed by atoms with van der Waals surface area (Å²) in [4.78, 5) is 25.7. The molecule has 1 aromatic carbocycles. The molecule has 1 aliphatic carbocycles. The van der Waals surface area contributed by atoms with Gasteiger partial charge in [-0.1, -0.05) is 25.1 Å². The van der Waals surface area contributed by atoms with E-state index in [4.69, 9.17) is 0 Å². The SMILES string of the molecule is Cc1c2cnn(CC(=O)NC3CCC(C)CC3)c(=O)c2c(C)n1Cc1ccccc1F. The molecule has 0 bridgehead atoms. The summed E-state index contributed by atoms with van der Waals surface area (Å²) in [5, 5.41) is 8.56. The van der Waals surface area contributed by atoms with Gasteiger partial charge >= 0.3 is 0 Å². The molecule has 1 amide bonds. The first-order valence-electron chi connectivity index (χ1n) is 10.9. The number of nitrogens with zero attached hydrogens (tertiary/aromatic N) is 3. The number of amides is 1. The molecule has 0 radical (unpaired) electrons. The Morgan fingerprint density at radius 3 is 2.58 bits per heavy atom. The van der Waals surface area contributed by atoms with E-state index in [0.717, 1.165) is 42.5 Å². The summed E-state index contributed by atoms with van der Waals surface area (Å²) < 4.78 is 17.3. The fourth-order valence-corrected chi connectivity index (χ4v) is 4.61. The van der Waals surface area contributed by atoms with Crippen molar-refractivity contribution in [3.05, 3.63) is 63.6 Å². The number of hydrogen-bond donors (Lipinski definition) is 1. The van der Waals surface area contributed by atoms with Gasteiger partial charge in [0.1, 0.15) is 12.4 Å². The van der Waals surface area contributed by atoms with E-state index < -0.39 is 0 Å². The summed E-state index contributed by atoms with van der Waals surface area (Å²) in [5.41, 5.74) is 1.87. The Morgan fingerprint density at radius 2 is 1.87 bits per heavy atom. The van der Waals surface area contributed by atoms with E-state index in [1.165, 1.54) is 10.7 Å². The number of carbonyl (C=O) groups is 1. The topological polar surface area (TPSA) is 68.9 Å². The first-order chi connectivity index (χ1) is 14.8. The minimum Gasteiger partial charge on any atom is -0.352 e. The molecule has 164 valence electrons. The van der Waals surface area contributed by atoms with E-state index in [9.17, 15) is 14.0 Å². The van der Waals surface area contributed by atoms with Crippen LogP contribution in [-0.2, 0) is 17.9 Å². The van der Waals surface area contributed by atoms with Crippen molar-refractivity contribution in [2.45, 2.75) is 65.6 Å². The van der Waals surface area contributed by atoms with Crippen molar-refractivity contribution in [3.63, 3.8) is 0 Å². The van der Waals surface area contributed by atoms with Crippen molar-refractivity contribution in [2.24, 2.45) is 5.92 Å². The van der Waals surface area contributed by atoms with Crippen LogP contribution in [-0.4, -0.2) is 26.3 Å². The van der Waals surface area contributed by atoms with Gasteiger partial charge in [0, 0.05) is 28.4 Å². The molecule has 0 unspecified atom stereocenters. The van der Waals surface area contributed by atoms with E-state index >= 15 is 0 Å². The molecular weight excluding hydrogens is 395 g/mol. The van der Waals surface area contributed by atoms with Crippen LogP contribution in [0.15, 0.2) is 35.3 Å². The summed E-state index contributed by atoms with van der Waals surface area (Å²) >= 11 is 0. The highest BCUT2D eigenvalue weighted by molar-refractivity contribution is 5.87. The molecule has 2 heterocycles. The third-order valence-corrected chi connectivity index (χ3v) is 6.57. The molecule has 31 heavy (non-hydrogen) atoms. The lowest BCUT2D eigenvalue weighted by Gasteiger charge is -2.26. The first kappa shape index (κ1) is 21.3. The number of aryl methyl sites for hydroxylation is 2. The highest BCUT2D eigenvalue weighted by Crippen LogP contribution is 2.24. The van der Waals surface area contributed by atoms with Crippen LogP contribution < -0.4 is 10.9 Å². The molecule has 7 heteroatoms. The van der Waals surface area contributed by atoms with Crippen molar-refractivity contribution in [1.82, 2.24) is 19.7 Å². The number of halogens is 1. The fraction of sp³-hybridized carbons (Fsp3) is 0.458. The monoisotopic (exact) mass is 424 g/mol. The van der Waals surface area contributed by atoms with Crippen molar-refractivity contribution in [3.8, 4) is 0 Å². The van der Waals surface area contributed by atoms with Crippen LogP contribution in [0.25, 0.3) is 10.8 Å². The predicted octanol–water partition coefficient (Wildman–Crippen LogP) is 3.70. The fourth-order valence-electron chi connectivity index (χ4n) is 4.61. The van der Waals surface area contributed by atoms with Crippen LogP contribution in [0.3, 0.4) is 0 Å². The van der Waals surface area contributed by atoms with Gasteiger partial charge in [0.2, 0.25) is 5.91 Å². The molecule has 0 saturated heterocycles. The Kier molecular flexibility index (Phi) is 5.94. The molecule has 0 atom stereocenters. The van der Waals surface area contributed by atoms with Gasteiger partial charge < -0.3 is 9.88 Å². The quantitative estimate of drug-likeness (QED) is 0.679. The summed E-state index contributed by atoms with van der Waals surface area (Å²) in [6.45, 7) is 6.22. The second-order valence-corrected chi connectivity index (χ2v) is 8.77.